The molecule has 0 aliphatic rings. The van der Waals surface area contributed by atoms with E-state index in [0.29, 0.717) is 10.6 Å². The Bertz CT molecular complexity index is 857. The maximum atomic E-state index is 12.1. The van der Waals surface area contributed by atoms with Crippen LogP contribution >= 0.6 is 11.6 Å². The Labute approximate surface area is 139 Å². The molecule has 1 atom stereocenters. The highest BCUT2D eigenvalue weighted by Crippen LogP contribution is 2.21. The molecule has 2 N–H and O–H groups in total. The average Bonchev–Trinajstić information content (AvgIpc) is 2.93. The first-order valence-electron chi connectivity index (χ1n) is 7.31. The van der Waals surface area contributed by atoms with Crippen molar-refractivity contribution in [1.29, 1.82) is 0 Å². The Kier molecular flexibility index (Phi) is 4.37. The lowest BCUT2D eigenvalue weighted by Gasteiger charge is -2.13. The van der Waals surface area contributed by atoms with Gasteiger partial charge in [0.1, 0.15) is 0 Å². The van der Waals surface area contributed by atoms with Gasteiger partial charge >= 0.3 is 0 Å². The number of hydrogen-bond acceptors (Lipinski definition) is 2. The number of aromatic nitrogens is 1. The summed E-state index contributed by atoms with van der Waals surface area (Å²) in [5.41, 5.74) is 2.35. The van der Waals surface area contributed by atoms with Gasteiger partial charge < -0.3 is 15.0 Å². The summed E-state index contributed by atoms with van der Waals surface area (Å²) in [6.07, 6.45) is 1.21. The molecule has 0 fully saturated rings. The van der Waals surface area contributed by atoms with E-state index in [0.717, 1.165) is 16.5 Å². The van der Waals surface area contributed by atoms with E-state index < -0.39 is 6.10 Å². The number of aliphatic hydroxyl groups excluding tert-OH is 1. The number of nitrogens with one attached hydrogen (secondary N) is 1. The molecule has 23 heavy (non-hydrogen) atoms. The van der Waals surface area contributed by atoms with E-state index in [2.05, 4.69) is 5.32 Å². The third-order valence-corrected chi connectivity index (χ3v) is 4.07. The van der Waals surface area contributed by atoms with E-state index in [1.807, 2.05) is 42.1 Å². The molecule has 1 aromatic heterocycles. The SMILES string of the molecule is Cn1ccc2cc([C@H](O)CNC(=O)c3cccc(Cl)c3)ccc21. The number of aliphatic hydroxyl groups is 1. The summed E-state index contributed by atoms with van der Waals surface area (Å²) in [4.78, 5) is 12.1. The van der Waals surface area contributed by atoms with Gasteiger partial charge in [-0.05, 0) is 47.3 Å². The largest absolute Gasteiger partial charge is 0.387 e. The van der Waals surface area contributed by atoms with Crippen LogP contribution in [0.25, 0.3) is 10.9 Å². The van der Waals surface area contributed by atoms with E-state index in [1.165, 1.54) is 0 Å². The third kappa shape index (κ3) is 3.38. The fourth-order valence-electron chi connectivity index (χ4n) is 2.55. The van der Waals surface area contributed by atoms with Crippen LogP contribution in [-0.4, -0.2) is 22.1 Å². The van der Waals surface area contributed by atoms with Crippen LogP contribution in [0.3, 0.4) is 0 Å². The number of carbonyl (C=O) groups excluding carboxylic acids is 1. The number of rotatable bonds is 4. The second-order valence-corrected chi connectivity index (χ2v) is 5.92. The van der Waals surface area contributed by atoms with Gasteiger partial charge in [0, 0.05) is 35.9 Å². The van der Waals surface area contributed by atoms with Gasteiger partial charge in [-0.2, -0.15) is 0 Å². The second kappa shape index (κ2) is 6.44. The number of aryl methyl sites for hydroxylation is 1. The Hall–Kier alpha value is -2.30. The number of carbonyl (C=O) groups is 1. The van der Waals surface area contributed by atoms with Gasteiger partial charge in [0.25, 0.3) is 5.91 Å². The fourth-order valence-corrected chi connectivity index (χ4v) is 2.74. The first-order valence-corrected chi connectivity index (χ1v) is 7.69. The summed E-state index contributed by atoms with van der Waals surface area (Å²) in [5, 5.41) is 14.6. The lowest BCUT2D eigenvalue weighted by atomic mass is 10.1. The lowest BCUT2D eigenvalue weighted by molar-refractivity contribution is 0.0916. The van der Waals surface area contributed by atoms with E-state index in [-0.39, 0.29) is 12.5 Å². The lowest BCUT2D eigenvalue weighted by Crippen LogP contribution is -2.28. The predicted octanol–water partition coefficient (Wildman–Crippen LogP) is 3.30. The Morgan fingerprint density at radius 1 is 1.26 bits per heavy atom. The Morgan fingerprint density at radius 3 is 2.87 bits per heavy atom. The molecule has 4 nitrogen and oxygen atoms in total. The normalized spacial score (nSPS) is 12.3. The van der Waals surface area contributed by atoms with Crippen molar-refractivity contribution in [3.05, 3.63) is 70.9 Å². The van der Waals surface area contributed by atoms with Gasteiger partial charge in [0.2, 0.25) is 0 Å². The molecule has 0 radical (unpaired) electrons. The number of halogens is 1. The van der Waals surface area contributed by atoms with Crippen molar-refractivity contribution in [3.63, 3.8) is 0 Å². The number of amides is 1. The minimum absolute atomic E-state index is 0.143. The minimum Gasteiger partial charge on any atom is -0.387 e. The molecule has 3 aromatic rings. The predicted molar refractivity (Wildman–Crippen MR) is 91.7 cm³/mol. The highest BCUT2D eigenvalue weighted by atomic mass is 35.5. The summed E-state index contributed by atoms with van der Waals surface area (Å²) < 4.78 is 2.02. The zero-order valence-electron chi connectivity index (χ0n) is 12.7. The van der Waals surface area contributed by atoms with Crippen molar-refractivity contribution in [2.24, 2.45) is 7.05 Å². The molecule has 0 spiro atoms. The summed E-state index contributed by atoms with van der Waals surface area (Å²) >= 11 is 5.87. The van der Waals surface area contributed by atoms with E-state index in [4.69, 9.17) is 11.6 Å². The molecular weight excluding hydrogens is 312 g/mol. The molecule has 1 amide bonds. The molecule has 0 aliphatic heterocycles. The molecule has 5 heteroatoms. The Balaban J connectivity index is 1.68. The minimum atomic E-state index is -0.761. The third-order valence-electron chi connectivity index (χ3n) is 3.84. The fraction of sp³-hybridized carbons (Fsp3) is 0.167. The second-order valence-electron chi connectivity index (χ2n) is 5.48. The van der Waals surface area contributed by atoms with Crippen LogP contribution in [0.2, 0.25) is 5.02 Å². The standard InChI is InChI=1S/C18H17ClN2O2/c1-21-8-7-12-9-13(5-6-16(12)21)17(22)11-20-18(23)14-3-2-4-15(19)10-14/h2-10,17,22H,11H2,1H3,(H,20,23)/t17-/m1/s1. The maximum absolute atomic E-state index is 12.1. The van der Waals surface area contributed by atoms with Crippen molar-refractivity contribution < 1.29 is 9.90 Å². The highest BCUT2D eigenvalue weighted by molar-refractivity contribution is 6.30. The van der Waals surface area contributed by atoms with Gasteiger partial charge in [0.05, 0.1) is 6.10 Å². The van der Waals surface area contributed by atoms with Crippen LogP contribution in [-0.2, 0) is 7.05 Å². The number of nitrogens with zero attached hydrogens (tertiary/aromatic N) is 1. The zero-order valence-corrected chi connectivity index (χ0v) is 13.4. The summed E-state index contributed by atoms with van der Waals surface area (Å²) in [6.45, 7) is 0.143. The first kappa shape index (κ1) is 15.6. The molecule has 0 saturated carbocycles. The van der Waals surface area contributed by atoms with Crippen molar-refractivity contribution in [2.75, 3.05) is 6.54 Å². The quantitative estimate of drug-likeness (QED) is 0.772. The van der Waals surface area contributed by atoms with Gasteiger partial charge in [-0.25, -0.2) is 0 Å². The molecular formula is C18H17ClN2O2. The van der Waals surface area contributed by atoms with Crippen LogP contribution in [0.1, 0.15) is 22.0 Å². The topological polar surface area (TPSA) is 54.3 Å². The molecule has 0 aliphatic carbocycles. The smallest absolute Gasteiger partial charge is 0.251 e. The summed E-state index contributed by atoms with van der Waals surface area (Å²) in [5.74, 6) is -0.257. The van der Waals surface area contributed by atoms with Crippen molar-refractivity contribution in [2.45, 2.75) is 6.10 Å². The van der Waals surface area contributed by atoms with Crippen LogP contribution in [0, 0.1) is 0 Å². The Morgan fingerprint density at radius 2 is 2.09 bits per heavy atom. The van der Waals surface area contributed by atoms with Crippen LogP contribution in [0.5, 0.6) is 0 Å². The van der Waals surface area contributed by atoms with Crippen molar-refractivity contribution >= 4 is 28.4 Å². The van der Waals surface area contributed by atoms with Gasteiger partial charge in [0.15, 0.2) is 0 Å². The van der Waals surface area contributed by atoms with Gasteiger partial charge in [-0.1, -0.05) is 23.7 Å². The molecule has 1 heterocycles. The summed E-state index contributed by atoms with van der Waals surface area (Å²) in [7, 11) is 1.98. The zero-order chi connectivity index (χ0) is 16.4. The molecule has 2 aromatic carbocycles. The molecule has 3 rings (SSSR count). The maximum Gasteiger partial charge on any atom is 0.251 e. The van der Waals surface area contributed by atoms with E-state index >= 15 is 0 Å². The van der Waals surface area contributed by atoms with Crippen molar-refractivity contribution in [1.82, 2.24) is 9.88 Å². The number of fused-ring (bicyclic) bond motifs is 1. The molecule has 0 saturated heterocycles. The first-order chi connectivity index (χ1) is 11.0. The van der Waals surface area contributed by atoms with E-state index in [9.17, 15) is 9.90 Å². The van der Waals surface area contributed by atoms with Gasteiger partial charge in [-0.15, -0.1) is 0 Å². The van der Waals surface area contributed by atoms with Crippen LogP contribution in [0.15, 0.2) is 54.7 Å². The summed E-state index contributed by atoms with van der Waals surface area (Å²) in [6, 6.07) is 14.5. The van der Waals surface area contributed by atoms with Crippen LogP contribution in [0.4, 0.5) is 0 Å². The molecule has 0 bridgehead atoms. The molecule has 118 valence electrons. The van der Waals surface area contributed by atoms with Crippen LogP contribution < -0.4 is 5.32 Å². The van der Waals surface area contributed by atoms with Crippen molar-refractivity contribution in [3.8, 4) is 0 Å². The molecule has 0 unspecified atom stereocenters. The number of benzene rings is 2. The average molecular weight is 329 g/mol. The highest BCUT2D eigenvalue weighted by Gasteiger charge is 2.12. The monoisotopic (exact) mass is 328 g/mol. The number of hydrogen-bond donors (Lipinski definition) is 2. The van der Waals surface area contributed by atoms with E-state index in [1.54, 1.807) is 24.3 Å². The van der Waals surface area contributed by atoms with Gasteiger partial charge in [-0.3, -0.25) is 4.79 Å².